The average Bonchev–Trinajstić information content (AvgIpc) is 2.94. The first-order valence-corrected chi connectivity index (χ1v) is 5.76. The highest BCUT2D eigenvalue weighted by Crippen LogP contribution is 2.36. The fourth-order valence-electron chi connectivity index (χ4n) is 2.11. The lowest BCUT2D eigenvalue weighted by molar-refractivity contribution is 0.605. The quantitative estimate of drug-likeness (QED) is 0.845. The van der Waals surface area contributed by atoms with Gasteiger partial charge in [0.2, 0.25) is 0 Å². The van der Waals surface area contributed by atoms with Crippen molar-refractivity contribution in [3.8, 4) is 0 Å². The first-order valence-electron chi connectivity index (χ1n) is 5.76. The monoisotopic (exact) mass is 216 g/mol. The molecule has 1 aliphatic rings. The summed E-state index contributed by atoms with van der Waals surface area (Å²) in [4.78, 5) is 4.57. The van der Waals surface area contributed by atoms with E-state index in [9.17, 15) is 0 Å². The zero-order valence-electron chi connectivity index (χ0n) is 9.48. The maximum atomic E-state index is 6.10. The first-order chi connectivity index (χ1) is 7.68. The van der Waals surface area contributed by atoms with Gasteiger partial charge in [0.25, 0.3) is 0 Å². The summed E-state index contributed by atoms with van der Waals surface area (Å²) in [7, 11) is 0. The molecule has 0 radical (unpaired) electrons. The van der Waals surface area contributed by atoms with Crippen LogP contribution in [0, 0.1) is 6.92 Å². The number of aryl methyl sites for hydroxylation is 2. The molecule has 1 aliphatic carbocycles. The summed E-state index contributed by atoms with van der Waals surface area (Å²) in [5, 5.41) is 4.28. The van der Waals surface area contributed by atoms with Gasteiger partial charge in [-0.1, -0.05) is 0 Å². The molecule has 2 heterocycles. The Morgan fingerprint density at radius 3 is 3.06 bits per heavy atom. The van der Waals surface area contributed by atoms with Crippen LogP contribution < -0.4 is 5.73 Å². The van der Waals surface area contributed by atoms with E-state index in [4.69, 9.17) is 5.73 Å². The molecular formula is C12H16N4. The predicted molar refractivity (Wildman–Crippen MR) is 62.2 cm³/mol. The van der Waals surface area contributed by atoms with Crippen LogP contribution in [-0.4, -0.2) is 20.1 Å². The second kappa shape index (κ2) is 3.28. The average molecular weight is 216 g/mol. The zero-order valence-corrected chi connectivity index (χ0v) is 9.48. The summed E-state index contributed by atoms with van der Waals surface area (Å²) in [5.74, 6) is 0.951. The van der Waals surface area contributed by atoms with Gasteiger partial charge in [-0.3, -0.25) is 0 Å². The van der Waals surface area contributed by atoms with Crippen LogP contribution in [0.1, 0.15) is 30.8 Å². The van der Waals surface area contributed by atoms with Gasteiger partial charge in [-0.05, 0) is 44.7 Å². The van der Waals surface area contributed by atoms with Gasteiger partial charge in [-0.2, -0.15) is 5.10 Å². The van der Waals surface area contributed by atoms with E-state index in [2.05, 4.69) is 16.1 Å². The molecule has 4 nitrogen and oxygen atoms in total. The van der Waals surface area contributed by atoms with Crippen LogP contribution in [0.5, 0.6) is 0 Å². The van der Waals surface area contributed by atoms with Gasteiger partial charge in [0.05, 0.1) is 11.2 Å². The summed E-state index contributed by atoms with van der Waals surface area (Å²) in [6, 6.07) is 4.02. The van der Waals surface area contributed by atoms with Crippen LogP contribution in [0.25, 0.3) is 5.52 Å². The highest BCUT2D eigenvalue weighted by atomic mass is 15.3. The summed E-state index contributed by atoms with van der Waals surface area (Å²) < 4.78 is 1.89. The molecule has 16 heavy (non-hydrogen) atoms. The summed E-state index contributed by atoms with van der Waals surface area (Å²) in [6.07, 6.45) is 6.11. The van der Waals surface area contributed by atoms with Gasteiger partial charge in [0.15, 0.2) is 0 Å². The lowest BCUT2D eigenvalue weighted by Crippen LogP contribution is -2.22. The Kier molecular flexibility index (Phi) is 2.01. The first kappa shape index (κ1) is 9.78. The number of fused-ring (bicyclic) bond motifs is 1. The van der Waals surface area contributed by atoms with Crippen molar-refractivity contribution in [1.82, 2.24) is 14.6 Å². The number of rotatable bonds is 3. The van der Waals surface area contributed by atoms with Gasteiger partial charge >= 0.3 is 0 Å². The Bertz CT molecular complexity index is 525. The maximum Gasteiger partial charge on any atom is 0.127 e. The largest absolute Gasteiger partial charge is 0.325 e. The Morgan fingerprint density at radius 1 is 1.50 bits per heavy atom. The van der Waals surface area contributed by atoms with Crippen molar-refractivity contribution in [3.63, 3.8) is 0 Å². The fourth-order valence-corrected chi connectivity index (χ4v) is 2.11. The minimum atomic E-state index is 0.103. The van der Waals surface area contributed by atoms with Crippen LogP contribution in [0.4, 0.5) is 0 Å². The summed E-state index contributed by atoms with van der Waals surface area (Å²) in [5.41, 5.74) is 8.44. The minimum Gasteiger partial charge on any atom is -0.325 e. The normalized spacial score (nSPS) is 17.9. The molecule has 2 aromatic heterocycles. The third-order valence-corrected chi connectivity index (χ3v) is 3.40. The van der Waals surface area contributed by atoms with Crippen molar-refractivity contribution in [1.29, 1.82) is 0 Å². The van der Waals surface area contributed by atoms with E-state index in [1.807, 2.05) is 17.5 Å². The molecule has 0 bridgehead atoms. The van der Waals surface area contributed by atoms with E-state index in [0.717, 1.165) is 42.7 Å². The van der Waals surface area contributed by atoms with Crippen LogP contribution >= 0.6 is 0 Å². The highest BCUT2D eigenvalue weighted by Gasteiger charge is 2.37. The number of nitrogens with zero attached hydrogens (tertiary/aromatic N) is 3. The topological polar surface area (TPSA) is 56.2 Å². The molecule has 84 valence electrons. The fraction of sp³-hybridized carbons (Fsp3) is 0.500. The van der Waals surface area contributed by atoms with Crippen LogP contribution in [0.15, 0.2) is 18.3 Å². The molecule has 1 saturated carbocycles. The second-order valence-corrected chi connectivity index (χ2v) is 4.79. The lowest BCUT2D eigenvalue weighted by atomic mass is 10.1. The Morgan fingerprint density at radius 2 is 2.31 bits per heavy atom. The molecule has 0 unspecified atom stereocenters. The van der Waals surface area contributed by atoms with E-state index in [0.29, 0.717) is 0 Å². The van der Waals surface area contributed by atoms with Crippen LogP contribution in [0.2, 0.25) is 0 Å². The van der Waals surface area contributed by atoms with Gasteiger partial charge in [0.1, 0.15) is 5.82 Å². The van der Waals surface area contributed by atoms with Crippen molar-refractivity contribution < 1.29 is 0 Å². The van der Waals surface area contributed by atoms with Crippen molar-refractivity contribution in [3.05, 3.63) is 29.8 Å². The predicted octanol–water partition coefficient (Wildman–Crippen LogP) is 1.46. The van der Waals surface area contributed by atoms with Gasteiger partial charge in [-0.15, -0.1) is 0 Å². The van der Waals surface area contributed by atoms with Crippen molar-refractivity contribution in [2.24, 2.45) is 5.73 Å². The third kappa shape index (κ3) is 1.59. The highest BCUT2D eigenvalue weighted by molar-refractivity contribution is 5.51. The molecule has 0 aromatic carbocycles. The van der Waals surface area contributed by atoms with Gasteiger partial charge in [-0.25, -0.2) is 9.50 Å². The Labute approximate surface area is 94.5 Å². The summed E-state index contributed by atoms with van der Waals surface area (Å²) >= 11 is 0. The number of imidazole rings is 1. The van der Waals surface area contributed by atoms with E-state index in [1.54, 1.807) is 6.20 Å². The van der Waals surface area contributed by atoms with Crippen molar-refractivity contribution in [2.75, 3.05) is 0 Å². The molecule has 4 heteroatoms. The number of nitrogens with two attached hydrogens (primary N) is 1. The molecule has 1 fully saturated rings. The molecule has 0 atom stereocenters. The molecular weight excluding hydrogens is 200 g/mol. The zero-order chi connectivity index (χ0) is 11.2. The van der Waals surface area contributed by atoms with Crippen molar-refractivity contribution >= 4 is 5.52 Å². The molecule has 0 saturated heterocycles. The molecule has 0 amide bonds. The Hall–Kier alpha value is -1.42. The lowest BCUT2D eigenvalue weighted by Gasteiger charge is -2.05. The SMILES string of the molecule is Cc1nc(CCC2(N)CC2)c2cccnn12. The van der Waals surface area contributed by atoms with E-state index >= 15 is 0 Å². The van der Waals surface area contributed by atoms with Crippen LogP contribution in [0.3, 0.4) is 0 Å². The van der Waals surface area contributed by atoms with Crippen LogP contribution in [-0.2, 0) is 6.42 Å². The summed E-state index contributed by atoms with van der Waals surface area (Å²) in [6.45, 7) is 1.98. The number of aromatic nitrogens is 3. The molecule has 2 N–H and O–H groups in total. The maximum absolute atomic E-state index is 6.10. The third-order valence-electron chi connectivity index (χ3n) is 3.40. The van der Waals surface area contributed by atoms with E-state index in [1.165, 1.54) is 0 Å². The minimum absolute atomic E-state index is 0.103. The second-order valence-electron chi connectivity index (χ2n) is 4.79. The van der Waals surface area contributed by atoms with Gasteiger partial charge in [0, 0.05) is 11.7 Å². The molecule has 0 spiro atoms. The standard InChI is InChI=1S/C12H16N4/c1-9-15-10(4-5-12(13)6-7-12)11-3-2-8-14-16(9)11/h2-3,8H,4-7,13H2,1H3. The molecule has 0 aliphatic heterocycles. The van der Waals surface area contributed by atoms with E-state index in [-0.39, 0.29) is 5.54 Å². The smallest absolute Gasteiger partial charge is 0.127 e. The van der Waals surface area contributed by atoms with Crippen molar-refractivity contribution in [2.45, 2.75) is 38.1 Å². The van der Waals surface area contributed by atoms with Gasteiger partial charge < -0.3 is 5.73 Å². The number of hydrogen-bond acceptors (Lipinski definition) is 3. The molecule has 3 rings (SSSR count). The number of hydrogen-bond donors (Lipinski definition) is 1. The Balaban J connectivity index is 1.91. The molecule has 2 aromatic rings. The van der Waals surface area contributed by atoms with E-state index < -0.39 is 0 Å².